The standard InChI is InChI=1S/C16H14N5S/c1-22-16-19-21-14(11-7-3-2-4-8-11)18-13-10-6-5-9-12(13)15(21)20(16)17/h2-10H,17H2,1H3/q+1. The minimum atomic E-state index is 0.746. The van der Waals surface area contributed by atoms with Crippen molar-refractivity contribution in [3.63, 3.8) is 0 Å². The van der Waals surface area contributed by atoms with E-state index in [1.165, 1.54) is 11.8 Å². The van der Waals surface area contributed by atoms with Crippen molar-refractivity contribution in [2.45, 2.75) is 5.16 Å². The minimum Gasteiger partial charge on any atom is -0.288 e. The number of fused-ring (bicyclic) bond motifs is 3. The maximum Gasteiger partial charge on any atom is 0.358 e. The van der Waals surface area contributed by atoms with E-state index in [1.807, 2.05) is 65.4 Å². The van der Waals surface area contributed by atoms with Crippen molar-refractivity contribution in [2.24, 2.45) is 0 Å². The molecule has 5 nitrogen and oxygen atoms in total. The van der Waals surface area contributed by atoms with Crippen molar-refractivity contribution in [1.29, 1.82) is 0 Å². The number of hydrogen-bond acceptors (Lipinski definition) is 4. The first-order valence-electron chi connectivity index (χ1n) is 6.87. The van der Waals surface area contributed by atoms with Gasteiger partial charge in [0.1, 0.15) is 0 Å². The molecule has 108 valence electrons. The van der Waals surface area contributed by atoms with Crippen molar-refractivity contribution in [3.05, 3.63) is 54.6 Å². The fraction of sp³-hybridized carbons (Fsp3) is 0.0625. The molecule has 0 amide bonds. The summed E-state index contributed by atoms with van der Waals surface area (Å²) in [7, 11) is 0. The molecule has 2 aromatic carbocycles. The molecular formula is C16H14N5S+. The molecule has 0 aliphatic carbocycles. The number of nitrogens with two attached hydrogens (primary N) is 1. The highest BCUT2D eigenvalue weighted by molar-refractivity contribution is 7.98. The lowest BCUT2D eigenvalue weighted by atomic mass is 10.2. The van der Waals surface area contributed by atoms with E-state index in [2.05, 4.69) is 5.10 Å². The van der Waals surface area contributed by atoms with Gasteiger partial charge < -0.3 is 0 Å². The van der Waals surface area contributed by atoms with Gasteiger partial charge in [-0.05, 0) is 35.0 Å². The Morgan fingerprint density at radius 2 is 1.77 bits per heavy atom. The van der Waals surface area contributed by atoms with E-state index < -0.39 is 0 Å². The summed E-state index contributed by atoms with van der Waals surface area (Å²) in [4.78, 5) is 4.78. The van der Waals surface area contributed by atoms with Gasteiger partial charge in [0.05, 0.1) is 16.0 Å². The third kappa shape index (κ3) is 1.84. The lowest BCUT2D eigenvalue weighted by molar-refractivity contribution is -0.651. The zero-order valence-electron chi connectivity index (χ0n) is 12.0. The molecule has 0 atom stereocenters. The van der Waals surface area contributed by atoms with Crippen LogP contribution in [0.1, 0.15) is 0 Å². The number of para-hydroxylation sites is 1. The molecule has 22 heavy (non-hydrogen) atoms. The van der Waals surface area contributed by atoms with E-state index >= 15 is 0 Å². The lowest BCUT2D eigenvalue weighted by Gasteiger charge is -2.02. The molecule has 4 aromatic rings. The van der Waals surface area contributed by atoms with Crippen LogP contribution < -0.4 is 10.5 Å². The predicted molar refractivity (Wildman–Crippen MR) is 88.1 cm³/mol. The van der Waals surface area contributed by atoms with E-state index in [-0.39, 0.29) is 0 Å². The largest absolute Gasteiger partial charge is 0.358 e. The Labute approximate surface area is 131 Å². The molecule has 0 saturated carbocycles. The van der Waals surface area contributed by atoms with Crippen LogP contribution in [0, 0.1) is 0 Å². The smallest absolute Gasteiger partial charge is 0.288 e. The number of nitrogen functional groups attached to an aromatic ring is 1. The molecule has 0 unspecified atom stereocenters. The van der Waals surface area contributed by atoms with Gasteiger partial charge in [0.15, 0.2) is 0 Å². The van der Waals surface area contributed by atoms with Gasteiger partial charge in [-0.15, -0.1) is 4.68 Å². The van der Waals surface area contributed by atoms with Gasteiger partial charge >= 0.3 is 5.16 Å². The zero-order chi connectivity index (χ0) is 15.1. The fourth-order valence-electron chi connectivity index (χ4n) is 2.60. The van der Waals surface area contributed by atoms with Crippen molar-refractivity contribution in [1.82, 2.24) is 14.6 Å². The number of rotatable bonds is 2. The van der Waals surface area contributed by atoms with Crippen molar-refractivity contribution in [3.8, 4) is 11.4 Å². The molecular weight excluding hydrogens is 294 g/mol. The van der Waals surface area contributed by atoms with E-state index in [0.29, 0.717) is 0 Å². The molecule has 0 fully saturated rings. The summed E-state index contributed by atoms with van der Waals surface area (Å²) >= 11 is 1.51. The second-order valence-electron chi connectivity index (χ2n) is 4.91. The molecule has 0 aliphatic rings. The van der Waals surface area contributed by atoms with Gasteiger partial charge in [0.2, 0.25) is 5.82 Å². The molecule has 4 rings (SSSR count). The Kier molecular flexibility index (Phi) is 2.97. The summed E-state index contributed by atoms with van der Waals surface area (Å²) in [6, 6.07) is 18.0. The van der Waals surface area contributed by atoms with E-state index in [4.69, 9.17) is 10.8 Å². The van der Waals surface area contributed by atoms with Gasteiger partial charge in [-0.1, -0.05) is 42.1 Å². The second-order valence-corrected chi connectivity index (χ2v) is 5.68. The maximum atomic E-state index is 6.25. The Morgan fingerprint density at radius 3 is 2.55 bits per heavy atom. The van der Waals surface area contributed by atoms with E-state index in [9.17, 15) is 0 Å². The number of benzene rings is 2. The molecule has 2 heterocycles. The minimum absolute atomic E-state index is 0.746. The predicted octanol–water partition coefficient (Wildman–Crippen LogP) is 2.27. The SMILES string of the molecule is CSc1nn2c(-c3ccccc3)nc3ccccc3c2[n+]1N. The van der Waals surface area contributed by atoms with Crippen LogP contribution in [0.5, 0.6) is 0 Å². The topological polar surface area (TPSA) is 60.1 Å². The van der Waals surface area contributed by atoms with Gasteiger partial charge in [-0.3, -0.25) is 5.84 Å². The summed E-state index contributed by atoms with van der Waals surface area (Å²) in [6.45, 7) is 0. The van der Waals surface area contributed by atoms with Crippen LogP contribution in [0.4, 0.5) is 0 Å². The third-order valence-corrected chi connectivity index (χ3v) is 4.25. The summed E-state index contributed by atoms with van der Waals surface area (Å²) in [5.74, 6) is 7.03. The van der Waals surface area contributed by atoms with Gasteiger partial charge in [-0.2, -0.15) is 0 Å². The highest BCUT2D eigenvalue weighted by Gasteiger charge is 2.25. The van der Waals surface area contributed by atoms with Crippen LogP contribution in [0.3, 0.4) is 0 Å². The van der Waals surface area contributed by atoms with Gasteiger partial charge in [0.25, 0.3) is 5.65 Å². The Bertz CT molecular complexity index is 978. The molecule has 0 saturated heterocycles. The van der Waals surface area contributed by atoms with E-state index in [0.717, 1.165) is 33.1 Å². The van der Waals surface area contributed by atoms with Crippen molar-refractivity contribution < 1.29 is 4.68 Å². The first kappa shape index (κ1) is 13.1. The molecule has 6 heteroatoms. The maximum absolute atomic E-state index is 6.25. The molecule has 0 spiro atoms. The normalized spacial score (nSPS) is 11.3. The second kappa shape index (κ2) is 4.99. The van der Waals surface area contributed by atoms with Crippen LogP contribution in [0.15, 0.2) is 59.8 Å². The van der Waals surface area contributed by atoms with Crippen molar-refractivity contribution >= 4 is 28.3 Å². The average molecular weight is 308 g/mol. The number of nitrogens with zero attached hydrogens (tertiary/aromatic N) is 4. The number of aromatic nitrogens is 4. The summed E-state index contributed by atoms with van der Waals surface area (Å²) < 4.78 is 3.45. The first-order chi connectivity index (χ1) is 10.8. The van der Waals surface area contributed by atoms with Crippen LogP contribution in [0.2, 0.25) is 0 Å². The highest BCUT2D eigenvalue weighted by Crippen LogP contribution is 2.24. The van der Waals surface area contributed by atoms with Crippen LogP contribution >= 0.6 is 11.8 Å². The lowest BCUT2D eigenvalue weighted by Crippen LogP contribution is -2.45. The van der Waals surface area contributed by atoms with Crippen LogP contribution in [-0.2, 0) is 0 Å². The summed E-state index contributed by atoms with van der Waals surface area (Å²) in [5, 5.41) is 6.34. The molecule has 2 N–H and O–H groups in total. The monoisotopic (exact) mass is 308 g/mol. The Morgan fingerprint density at radius 1 is 1.05 bits per heavy atom. The quantitative estimate of drug-likeness (QED) is 0.350. The van der Waals surface area contributed by atoms with Gasteiger partial charge in [0, 0.05) is 5.56 Å². The third-order valence-electron chi connectivity index (χ3n) is 3.61. The first-order valence-corrected chi connectivity index (χ1v) is 8.10. The van der Waals surface area contributed by atoms with Crippen LogP contribution in [-0.4, -0.2) is 20.9 Å². The van der Waals surface area contributed by atoms with Gasteiger partial charge in [-0.25, -0.2) is 4.98 Å². The highest BCUT2D eigenvalue weighted by atomic mass is 32.2. The van der Waals surface area contributed by atoms with Crippen molar-refractivity contribution in [2.75, 3.05) is 12.1 Å². The Hall–Kier alpha value is -2.60. The fourth-order valence-corrected chi connectivity index (χ4v) is 3.05. The molecule has 2 aromatic heterocycles. The summed E-state index contributed by atoms with van der Waals surface area (Å²) in [5.41, 5.74) is 2.75. The number of hydrogen-bond donors (Lipinski definition) is 1. The Balaban J connectivity index is 2.20. The number of thioether (sulfide) groups is 1. The molecule has 0 aliphatic heterocycles. The summed E-state index contributed by atoms with van der Waals surface area (Å²) in [6.07, 6.45) is 1.96. The van der Waals surface area contributed by atoms with Crippen LogP contribution in [0.25, 0.3) is 27.9 Å². The molecule has 0 radical (unpaired) electrons. The zero-order valence-corrected chi connectivity index (χ0v) is 12.8. The average Bonchev–Trinajstić information content (AvgIpc) is 2.92. The van der Waals surface area contributed by atoms with E-state index in [1.54, 1.807) is 4.68 Å². The molecule has 0 bridgehead atoms.